The second-order valence-corrected chi connectivity index (χ2v) is 6.25. The highest BCUT2D eigenvalue weighted by molar-refractivity contribution is 6.06. The zero-order valence-corrected chi connectivity index (χ0v) is 12.9. The largest absolute Gasteiger partial charge is 0.360 e. The summed E-state index contributed by atoms with van der Waals surface area (Å²) in [6.45, 7) is 2.27. The molecule has 1 aromatic carbocycles. The first-order valence-electron chi connectivity index (χ1n) is 8.04. The molecule has 1 N–H and O–H groups in total. The Morgan fingerprint density at radius 1 is 1.24 bits per heavy atom. The zero-order valence-electron chi connectivity index (χ0n) is 12.9. The van der Waals surface area contributed by atoms with E-state index in [-0.39, 0.29) is 5.91 Å². The molecule has 0 radical (unpaired) electrons. The normalized spacial score (nSPS) is 22.4. The molecule has 1 amide bonds. The van der Waals surface area contributed by atoms with Crippen molar-refractivity contribution in [3.8, 4) is 0 Å². The molecule has 1 aromatic heterocycles. The van der Waals surface area contributed by atoms with Crippen molar-refractivity contribution in [2.24, 2.45) is 5.92 Å². The summed E-state index contributed by atoms with van der Waals surface area (Å²) < 4.78 is 0. The van der Waals surface area contributed by atoms with Crippen LogP contribution in [-0.4, -0.2) is 28.9 Å². The average Bonchev–Trinajstić information content (AvgIpc) is 2.97. The lowest BCUT2D eigenvalue weighted by atomic mass is 9.84. The molecule has 0 saturated heterocycles. The Hall–Kier alpha value is -1.77. The lowest BCUT2D eigenvalue weighted by molar-refractivity contribution is 0.0676. The fourth-order valence-electron chi connectivity index (χ4n) is 3.54. The first-order valence-corrected chi connectivity index (χ1v) is 8.04. The summed E-state index contributed by atoms with van der Waals surface area (Å²) >= 11 is 0. The van der Waals surface area contributed by atoms with Crippen LogP contribution in [0, 0.1) is 5.92 Å². The molecule has 0 spiro atoms. The van der Waals surface area contributed by atoms with Crippen molar-refractivity contribution in [2.45, 2.75) is 45.1 Å². The molecule has 0 atom stereocenters. The third-order valence-electron chi connectivity index (χ3n) is 5.08. The summed E-state index contributed by atoms with van der Waals surface area (Å²) in [5.74, 6) is 1.00. The van der Waals surface area contributed by atoms with Gasteiger partial charge >= 0.3 is 0 Å². The van der Waals surface area contributed by atoms with Gasteiger partial charge in [-0.3, -0.25) is 4.79 Å². The molecular weight excluding hydrogens is 260 g/mol. The minimum Gasteiger partial charge on any atom is -0.360 e. The minimum atomic E-state index is 0.146. The minimum absolute atomic E-state index is 0.146. The summed E-state index contributed by atoms with van der Waals surface area (Å²) in [5, 5.41) is 1.02. The molecule has 1 fully saturated rings. The van der Waals surface area contributed by atoms with E-state index in [2.05, 4.69) is 11.9 Å². The summed E-state index contributed by atoms with van der Waals surface area (Å²) in [6.07, 6.45) is 7.92. The van der Waals surface area contributed by atoms with Crippen molar-refractivity contribution in [3.05, 3.63) is 36.0 Å². The average molecular weight is 284 g/mol. The van der Waals surface area contributed by atoms with Crippen LogP contribution < -0.4 is 0 Å². The number of para-hydroxylation sites is 1. The van der Waals surface area contributed by atoms with E-state index in [1.165, 1.54) is 19.3 Å². The van der Waals surface area contributed by atoms with Gasteiger partial charge in [-0.2, -0.15) is 0 Å². The fourth-order valence-corrected chi connectivity index (χ4v) is 3.54. The molecule has 1 heterocycles. The predicted octanol–water partition coefficient (Wildman–Crippen LogP) is 4.21. The number of aromatic amines is 1. The smallest absolute Gasteiger partial charge is 0.256 e. The number of fused-ring (bicyclic) bond motifs is 1. The monoisotopic (exact) mass is 284 g/mol. The quantitative estimate of drug-likeness (QED) is 0.900. The fraction of sp³-hybridized carbons (Fsp3) is 0.500. The molecule has 3 rings (SSSR count). The number of nitrogens with zero attached hydrogens (tertiary/aromatic N) is 1. The van der Waals surface area contributed by atoms with Crippen LogP contribution in [0.4, 0.5) is 0 Å². The number of benzene rings is 1. The predicted molar refractivity (Wildman–Crippen MR) is 86.4 cm³/mol. The van der Waals surface area contributed by atoms with Crippen LogP contribution in [0.1, 0.15) is 49.4 Å². The Balaban J connectivity index is 1.76. The van der Waals surface area contributed by atoms with Gasteiger partial charge < -0.3 is 9.88 Å². The Bertz CT molecular complexity index is 623. The summed E-state index contributed by atoms with van der Waals surface area (Å²) in [6, 6.07) is 8.40. The van der Waals surface area contributed by atoms with Gasteiger partial charge in [-0.25, -0.2) is 0 Å². The molecule has 1 saturated carbocycles. The number of rotatable bonds is 3. The van der Waals surface area contributed by atoms with Gasteiger partial charge in [-0.15, -0.1) is 0 Å². The number of hydrogen-bond acceptors (Lipinski definition) is 1. The zero-order chi connectivity index (χ0) is 14.8. The lowest BCUT2D eigenvalue weighted by Gasteiger charge is -2.34. The summed E-state index contributed by atoms with van der Waals surface area (Å²) in [7, 11) is 1.96. The standard InChI is InChI=1S/C18H24N2O/c1-3-13-8-10-14(11-9-13)20(2)18(21)16-12-19-17-7-5-4-6-15(16)17/h4-7,12-14,19H,3,8-11H2,1-2H3. The van der Waals surface area contributed by atoms with E-state index in [9.17, 15) is 4.79 Å². The van der Waals surface area contributed by atoms with Gasteiger partial charge in [0.1, 0.15) is 0 Å². The molecule has 112 valence electrons. The van der Waals surface area contributed by atoms with Gasteiger partial charge in [0.2, 0.25) is 0 Å². The molecule has 1 aliphatic rings. The third kappa shape index (κ3) is 2.69. The van der Waals surface area contributed by atoms with E-state index in [1.54, 1.807) is 0 Å². The van der Waals surface area contributed by atoms with Gasteiger partial charge in [0.05, 0.1) is 5.56 Å². The van der Waals surface area contributed by atoms with Gasteiger partial charge in [0.25, 0.3) is 5.91 Å². The first kappa shape index (κ1) is 14.2. The molecule has 0 bridgehead atoms. The molecule has 0 unspecified atom stereocenters. The van der Waals surface area contributed by atoms with E-state index < -0.39 is 0 Å². The number of hydrogen-bond donors (Lipinski definition) is 1. The number of carbonyl (C=O) groups is 1. The molecule has 2 aromatic rings. The molecule has 0 aliphatic heterocycles. The van der Waals surface area contributed by atoms with Crippen LogP contribution in [0.5, 0.6) is 0 Å². The van der Waals surface area contributed by atoms with E-state index in [1.807, 2.05) is 42.4 Å². The number of nitrogens with one attached hydrogen (secondary N) is 1. The van der Waals surface area contributed by atoms with E-state index in [0.717, 1.165) is 35.2 Å². The van der Waals surface area contributed by atoms with Crippen LogP contribution >= 0.6 is 0 Å². The number of carbonyl (C=O) groups excluding carboxylic acids is 1. The molecule has 3 heteroatoms. The highest BCUT2D eigenvalue weighted by Crippen LogP contribution is 2.30. The van der Waals surface area contributed by atoms with Gasteiger partial charge in [0.15, 0.2) is 0 Å². The molecule has 21 heavy (non-hydrogen) atoms. The lowest BCUT2D eigenvalue weighted by Crippen LogP contribution is -2.39. The van der Waals surface area contributed by atoms with Crippen LogP contribution in [0.3, 0.4) is 0 Å². The topological polar surface area (TPSA) is 36.1 Å². The molecule has 3 nitrogen and oxygen atoms in total. The summed E-state index contributed by atoms with van der Waals surface area (Å²) in [5.41, 5.74) is 1.83. The van der Waals surface area contributed by atoms with E-state index in [0.29, 0.717) is 6.04 Å². The van der Waals surface area contributed by atoms with Crippen LogP contribution in [0.25, 0.3) is 10.9 Å². The first-order chi connectivity index (χ1) is 10.2. The van der Waals surface area contributed by atoms with Crippen molar-refractivity contribution < 1.29 is 4.79 Å². The van der Waals surface area contributed by atoms with Crippen molar-refractivity contribution in [1.82, 2.24) is 9.88 Å². The van der Waals surface area contributed by atoms with Gasteiger partial charge in [-0.05, 0) is 37.7 Å². The van der Waals surface area contributed by atoms with Crippen LogP contribution in [0.15, 0.2) is 30.5 Å². The highest BCUT2D eigenvalue weighted by Gasteiger charge is 2.27. The maximum Gasteiger partial charge on any atom is 0.256 e. The van der Waals surface area contributed by atoms with E-state index >= 15 is 0 Å². The maximum atomic E-state index is 12.8. The van der Waals surface area contributed by atoms with Gasteiger partial charge in [-0.1, -0.05) is 31.5 Å². The third-order valence-corrected chi connectivity index (χ3v) is 5.08. The highest BCUT2D eigenvalue weighted by atomic mass is 16.2. The Morgan fingerprint density at radius 2 is 1.95 bits per heavy atom. The number of aromatic nitrogens is 1. The van der Waals surface area contributed by atoms with Crippen LogP contribution in [-0.2, 0) is 0 Å². The second kappa shape index (κ2) is 5.92. The van der Waals surface area contributed by atoms with Crippen molar-refractivity contribution in [1.29, 1.82) is 0 Å². The Morgan fingerprint density at radius 3 is 2.67 bits per heavy atom. The Labute approximate surface area is 126 Å². The number of amides is 1. The summed E-state index contributed by atoms with van der Waals surface area (Å²) in [4.78, 5) is 17.9. The van der Waals surface area contributed by atoms with Crippen molar-refractivity contribution in [3.63, 3.8) is 0 Å². The SMILES string of the molecule is CCC1CCC(N(C)C(=O)c2c[nH]c3ccccc23)CC1. The van der Waals surface area contributed by atoms with Crippen LogP contribution in [0.2, 0.25) is 0 Å². The molecule has 1 aliphatic carbocycles. The van der Waals surface area contributed by atoms with E-state index in [4.69, 9.17) is 0 Å². The van der Waals surface area contributed by atoms with Gasteiger partial charge in [0, 0.05) is 30.2 Å². The second-order valence-electron chi connectivity index (χ2n) is 6.25. The van der Waals surface area contributed by atoms with Crippen molar-refractivity contribution in [2.75, 3.05) is 7.05 Å². The number of H-pyrrole nitrogens is 1. The molecular formula is C18H24N2O. The maximum absolute atomic E-state index is 12.8. The Kier molecular flexibility index (Phi) is 4.00. The van der Waals surface area contributed by atoms with Crippen molar-refractivity contribution >= 4 is 16.8 Å².